The molecule has 0 saturated carbocycles. The van der Waals surface area contributed by atoms with Crippen molar-refractivity contribution < 1.29 is 4.79 Å². The van der Waals surface area contributed by atoms with E-state index in [4.69, 9.17) is 0 Å². The number of nitrogens with zero attached hydrogens (tertiary/aromatic N) is 3. The number of carbonyl (C=O) groups excluding carboxylic acids is 1. The molecule has 0 atom stereocenters. The molecule has 0 aliphatic rings. The maximum Gasteiger partial charge on any atom is 0.239 e. The molecule has 3 N–H and O–H groups in total. The molecule has 1 aromatic rings. The molecule has 0 saturated heterocycles. The fraction of sp³-hybridized carbons (Fsp3) is 0.615. The second-order valence-electron chi connectivity index (χ2n) is 4.34. The van der Waals surface area contributed by atoms with E-state index in [0.29, 0.717) is 19.0 Å². The Hall–Kier alpha value is -1.32. The topological polar surface area (TPSA) is 83.3 Å². The van der Waals surface area contributed by atoms with Crippen molar-refractivity contribution in [3.63, 3.8) is 0 Å². The molecule has 0 unspecified atom stereocenters. The number of guanidine groups is 1. The summed E-state index contributed by atoms with van der Waals surface area (Å²) in [7, 11) is 1.88. The van der Waals surface area contributed by atoms with Crippen LogP contribution in [0.4, 0.5) is 0 Å². The van der Waals surface area contributed by atoms with Gasteiger partial charge in [-0.15, -0.1) is 24.0 Å². The lowest BCUT2D eigenvalue weighted by molar-refractivity contribution is -0.120. The van der Waals surface area contributed by atoms with Gasteiger partial charge in [0, 0.05) is 26.3 Å². The highest BCUT2D eigenvalue weighted by molar-refractivity contribution is 14.0. The molecule has 0 bridgehead atoms. The van der Waals surface area contributed by atoms with Gasteiger partial charge in [0.25, 0.3) is 0 Å². The van der Waals surface area contributed by atoms with Crippen LogP contribution in [0.3, 0.4) is 0 Å². The number of halogens is 1. The number of nitrogens with one attached hydrogen (secondary N) is 3. The molecule has 21 heavy (non-hydrogen) atoms. The van der Waals surface area contributed by atoms with Crippen molar-refractivity contribution in [3.05, 3.63) is 18.0 Å². The van der Waals surface area contributed by atoms with Crippen molar-refractivity contribution in [2.24, 2.45) is 12.0 Å². The molecular formula is C13H25IN6O. The van der Waals surface area contributed by atoms with Crippen LogP contribution in [0.25, 0.3) is 0 Å². The Morgan fingerprint density at radius 2 is 2.10 bits per heavy atom. The van der Waals surface area contributed by atoms with E-state index >= 15 is 0 Å². The smallest absolute Gasteiger partial charge is 0.239 e. The van der Waals surface area contributed by atoms with Gasteiger partial charge in [-0.3, -0.25) is 9.48 Å². The lowest BCUT2D eigenvalue weighted by atomic mass is 10.4. The van der Waals surface area contributed by atoms with Crippen molar-refractivity contribution in [2.45, 2.75) is 26.8 Å². The fourth-order valence-corrected chi connectivity index (χ4v) is 1.55. The molecule has 1 rings (SSSR count). The van der Waals surface area contributed by atoms with Gasteiger partial charge in [0.05, 0.1) is 18.8 Å². The first-order valence-corrected chi connectivity index (χ1v) is 6.93. The van der Waals surface area contributed by atoms with Crippen LogP contribution in [0, 0.1) is 0 Å². The van der Waals surface area contributed by atoms with Crippen molar-refractivity contribution in [1.82, 2.24) is 25.7 Å². The Bertz CT molecular complexity index is 446. The van der Waals surface area contributed by atoms with Crippen molar-refractivity contribution in [3.8, 4) is 0 Å². The fourth-order valence-electron chi connectivity index (χ4n) is 1.55. The molecule has 0 aliphatic heterocycles. The third kappa shape index (κ3) is 7.88. The number of carbonyl (C=O) groups is 1. The maximum absolute atomic E-state index is 11.5. The minimum Gasteiger partial charge on any atom is -0.357 e. The van der Waals surface area contributed by atoms with Gasteiger partial charge in [-0.2, -0.15) is 5.10 Å². The highest BCUT2D eigenvalue weighted by atomic mass is 127. The molecule has 1 aromatic heterocycles. The van der Waals surface area contributed by atoms with Crippen LogP contribution in [-0.2, 0) is 18.4 Å². The van der Waals surface area contributed by atoms with Crippen LogP contribution < -0.4 is 16.0 Å². The summed E-state index contributed by atoms with van der Waals surface area (Å²) in [5, 5.41) is 13.0. The molecule has 7 nitrogen and oxygen atoms in total. The van der Waals surface area contributed by atoms with E-state index in [1.165, 1.54) is 0 Å². The molecule has 0 radical (unpaired) electrons. The van der Waals surface area contributed by atoms with Crippen molar-refractivity contribution in [2.75, 3.05) is 19.6 Å². The summed E-state index contributed by atoms with van der Waals surface area (Å²) < 4.78 is 1.78. The number of rotatable bonds is 7. The Kier molecular flexibility index (Phi) is 10.6. The second-order valence-corrected chi connectivity index (χ2v) is 4.34. The van der Waals surface area contributed by atoms with E-state index < -0.39 is 0 Å². The minimum absolute atomic E-state index is 0. The SMILES string of the molecule is CCCNC(=O)CNC(=NCc1ccnn1C)NCC.I. The lowest BCUT2D eigenvalue weighted by Gasteiger charge is -2.11. The van der Waals surface area contributed by atoms with Crippen LogP contribution in [0.1, 0.15) is 26.0 Å². The van der Waals surface area contributed by atoms with Crippen LogP contribution in [0.5, 0.6) is 0 Å². The van der Waals surface area contributed by atoms with Crippen LogP contribution >= 0.6 is 24.0 Å². The Morgan fingerprint density at radius 1 is 1.33 bits per heavy atom. The molecule has 0 fully saturated rings. The largest absolute Gasteiger partial charge is 0.357 e. The molecule has 1 heterocycles. The average molecular weight is 408 g/mol. The van der Waals surface area contributed by atoms with Gasteiger partial charge in [-0.1, -0.05) is 6.92 Å². The molecule has 8 heteroatoms. The predicted octanol–water partition coefficient (Wildman–Crippen LogP) is 0.619. The number of amides is 1. The van der Waals surface area contributed by atoms with E-state index in [1.54, 1.807) is 10.9 Å². The number of aliphatic imine (C=N–C) groups is 1. The van der Waals surface area contributed by atoms with Gasteiger partial charge in [0.2, 0.25) is 5.91 Å². The molecule has 120 valence electrons. The van der Waals surface area contributed by atoms with Gasteiger partial charge in [-0.25, -0.2) is 4.99 Å². The van der Waals surface area contributed by atoms with Crippen LogP contribution in [-0.4, -0.2) is 41.3 Å². The lowest BCUT2D eigenvalue weighted by Crippen LogP contribution is -2.43. The predicted molar refractivity (Wildman–Crippen MR) is 94.7 cm³/mol. The summed E-state index contributed by atoms with van der Waals surface area (Å²) in [6, 6.07) is 1.92. The van der Waals surface area contributed by atoms with Gasteiger partial charge >= 0.3 is 0 Å². The number of hydrogen-bond donors (Lipinski definition) is 3. The summed E-state index contributed by atoms with van der Waals surface area (Å²) in [5.41, 5.74) is 1.01. The maximum atomic E-state index is 11.5. The third-order valence-electron chi connectivity index (χ3n) is 2.65. The molecule has 0 aliphatic carbocycles. The Balaban J connectivity index is 0.00000400. The first kappa shape index (κ1) is 19.7. The highest BCUT2D eigenvalue weighted by Gasteiger charge is 2.03. The van der Waals surface area contributed by atoms with Gasteiger partial charge in [-0.05, 0) is 19.4 Å². The number of aryl methyl sites for hydroxylation is 1. The zero-order valence-electron chi connectivity index (χ0n) is 12.8. The monoisotopic (exact) mass is 408 g/mol. The normalized spacial score (nSPS) is 10.7. The standard InChI is InChI=1S/C13H24N6O.HI/c1-4-7-15-12(20)10-17-13(14-5-2)16-9-11-6-8-18-19(11)3;/h6,8H,4-5,7,9-10H2,1-3H3,(H,15,20)(H2,14,16,17);1H. The Labute approximate surface area is 143 Å². The van der Waals surface area contributed by atoms with Gasteiger partial charge < -0.3 is 16.0 Å². The molecule has 0 spiro atoms. The average Bonchev–Trinajstić information content (AvgIpc) is 2.85. The minimum atomic E-state index is -0.0296. The summed E-state index contributed by atoms with van der Waals surface area (Å²) in [6.07, 6.45) is 2.67. The molecule has 1 amide bonds. The number of hydrogen-bond acceptors (Lipinski definition) is 3. The zero-order valence-corrected chi connectivity index (χ0v) is 15.2. The van der Waals surface area contributed by atoms with E-state index in [1.807, 2.05) is 27.0 Å². The second kappa shape index (κ2) is 11.4. The molecular weight excluding hydrogens is 383 g/mol. The number of aromatic nitrogens is 2. The molecule has 0 aromatic carbocycles. The summed E-state index contributed by atoms with van der Waals surface area (Å²) in [5.74, 6) is 0.596. The van der Waals surface area contributed by atoms with Crippen molar-refractivity contribution in [1.29, 1.82) is 0 Å². The quantitative estimate of drug-likeness (QED) is 0.351. The summed E-state index contributed by atoms with van der Waals surface area (Å²) in [6.45, 7) is 6.18. The Morgan fingerprint density at radius 3 is 2.67 bits per heavy atom. The van der Waals surface area contributed by atoms with E-state index in [9.17, 15) is 4.79 Å². The van der Waals surface area contributed by atoms with Crippen LogP contribution in [0.15, 0.2) is 17.3 Å². The van der Waals surface area contributed by atoms with E-state index in [-0.39, 0.29) is 36.4 Å². The zero-order chi connectivity index (χ0) is 14.8. The first-order chi connectivity index (χ1) is 9.67. The van der Waals surface area contributed by atoms with Crippen LogP contribution in [0.2, 0.25) is 0 Å². The summed E-state index contributed by atoms with van der Waals surface area (Å²) in [4.78, 5) is 15.9. The van der Waals surface area contributed by atoms with Gasteiger partial charge in [0.15, 0.2) is 5.96 Å². The first-order valence-electron chi connectivity index (χ1n) is 6.93. The third-order valence-corrected chi connectivity index (χ3v) is 2.65. The van der Waals surface area contributed by atoms with Gasteiger partial charge in [0.1, 0.15) is 0 Å². The highest BCUT2D eigenvalue weighted by Crippen LogP contribution is 1.97. The van der Waals surface area contributed by atoms with Crippen molar-refractivity contribution >= 4 is 35.8 Å². The summed E-state index contributed by atoms with van der Waals surface area (Å²) >= 11 is 0. The van der Waals surface area contributed by atoms with E-state index in [0.717, 1.165) is 18.7 Å². The van der Waals surface area contributed by atoms with E-state index in [2.05, 4.69) is 26.0 Å².